The average Bonchev–Trinajstić information content (AvgIpc) is 2.99. The summed E-state index contributed by atoms with van der Waals surface area (Å²) in [7, 11) is 0. The lowest BCUT2D eigenvalue weighted by Crippen LogP contribution is -2.40. The Morgan fingerprint density at radius 2 is 2.27 bits per heavy atom. The number of hydrogen-bond acceptors (Lipinski definition) is 2. The molecule has 1 heterocycles. The number of rotatable bonds is 5. The van der Waals surface area contributed by atoms with Crippen LogP contribution >= 0.6 is 47.3 Å². The van der Waals surface area contributed by atoms with Crippen LogP contribution in [0.3, 0.4) is 0 Å². The Morgan fingerprint density at radius 3 is 2.91 bits per heavy atom. The van der Waals surface area contributed by atoms with Crippen LogP contribution < -0.4 is 10.6 Å². The molecule has 3 nitrogen and oxygen atoms in total. The predicted molar refractivity (Wildman–Crippen MR) is 105 cm³/mol. The molecule has 0 bridgehead atoms. The van der Waals surface area contributed by atoms with Crippen molar-refractivity contribution in [1.82, 2.24) is 10.6 Å². The van der Waals surface area contributed by atoms with Crippen molar-refractivity contribution in [3.8, 4) is 0 Å². The maximum atomic E-state index is 13.1. The summed E-state index contributed by atoms with van der Waals surface area (Å²) >= 11 is 7.80. The van der Waals surface area contributed by atoms with E-state index in [1.54, 1.807) is 12.1 Å². The highest BCUT2D eigenvalue weighted by atomic mass is 127. The highest BCUT2D eigenvalue weighted by Crippen LogP contribution is 2.25. The van der Waals surface area contributed by atoms with Crippen molar-refractivity contribution in [3.05, 3.63) is 34.6 Å². The fraction of sp³-hybridized carbons (Fsp3) is 0.533. The van der Waals surface area contributed by atoms with Gasteiger partial charge in [-0.25, -0.2) is 9.38 Å². The van der Waals surface area contributed by atoms with Crippen LogP contribution in [0.2, 0.25) is 5.02 Å². The third-order valence-electron chi connectivity index (χ3n) is 3.27. The second-order valence-corrected chi connectivity index (χ2v) is 6.78. The average molecular weight is 458 g/mol. The van der Waals surface area contributed by atoms with Crippen LogP contribution in [0.5, 0.6) is 0 Å². The largest absolute Gasteiger partial charge is 0.357 e. The minimum absolute atomic E-state index is 0. The van der Waals surface area contributed by atoms with E-state index in [0.717, 1.165) is 24.6 Å². The number of nitrogens with one attached hydrogen (secondary N) is 2. The Bertz CT molecular complexity index is 496. The van der Waals surface area contributed by atoms with Gasteiger partial charge >= 0.3 is 0 Å². The monoisotopic (exact) mass is 457 g/mol. The lowest BCUT2D eigenvalue weighted by atomic mass is 10.2. The van der Waals surface area contributed by atoms with Gasteiger partial charge in [0.25, 0.3) is 0 Å². The summed E-state index contributed by atoms with van der Waals surface area (Å²) in [4.78, 5) is 4.52. The molecule has 1 fully saturated rings. The van der Waals surface area contributed by atoms with Crippen LogP contribution in [0.4, 0.5) is 4.39 Å². The van der Waals surface area contributed by atoms with Gasteiger partial charge in [-0.15, -0.1) is 24.0 Å². The number of aliphatic imine (C=N–C) groups is 1. The molecule has 0 amide bonds. The van der Waals surface area contributed by atoms with Gasteiger partial charge in [0.2, 0.25) is 0 Å². The van der Waals surface area contributed by atoms with E-state index in [1.807, 2.05) is 18.7 Å². The van der Waals surface area contributed by atoms with Gasteiger partial charge in [-0.05, 0) is 43.2 Å². The smallest absolute Gasteiger partial charge is 0.191 e. The molecule has 1 unspecified atom stereocenters. The Hall–Kier alpha value is -0.210. The molecule has 1 aromatic rings. The van der Waals surface area contributed by atoms with Gasteiger partial charge in [0.15, 0.2) is 5.96 Å². The normalized spacial score (nSPS) is 18.0. The van der Waals surface area contributed by atoms with Gasteiger partial charge in [-0.1, -0.05) is 17.7 Å². The lowest BCUT2D eigenvalue weighted by Gasteiger charge is -2.14. The quantitative estimate of drug-likeness (QED) is 0.398. The zero-order valence-corrected chi connectivity index (χ0v) is 16.5. The topological polar surface area (TPSA) is 36.4 Å². The first-order chi connectivity index (χ1) is 10.2. The van der Waals surface area contributed by atoms with E-state index in [0.29, 0.717) is 11.8 Å². The van der Waals surface area contributed by atoms with Gasteiger partial charge < -0.3 is 10.6 Å². The summed E-state index contributed by atoms with van der Waals surface area (Å²) in [5, 5.41) is 7.41. The first kappa shape index (κ1) is 19.8. The summed E-state index contributed by atoms with van der Waals surface area (Å²) in [6, 6.07) is 4.71. The lowest BCUT2D eigenvalue weighted by molar-refractivity contribution is 0.627. The van der Waals surface area contributed by atoms with Crippen molar-refractivity contribution in [2.75, 3.05) is 18.8 Å². The minimum Gasteiger partial charge on any atom is -0.357 e. The molecule has 7 heteroatoms. The van der Waals surface area contributed by atoms with Gasteiger partial charge in [0.05, 0.1) is 11.6 Å². The number of nitrogens with zero attached hydrogens (tertiary/aromatic N) is 1. The molecule has 2 N–H and O–H groups in total. The third kappa shape index (κ3) is 6.50. The molecule has 1 atom stereocenters. The highest BCUT2D eigenvalue weighted by molar-refractivity contribution is 14.0. The predicted octanol–water partition coefficient (Wildman–Crippen LogP) is 4.05. The number of guanidine groups is 1. The van der Waals surface area contributed by atoms with Crippen molar-refractivity contribution >= 4 is 53.3 Å². The maximum absolute atomic E-state index is 13.1. The number of hydrogen-bond donors (Lipinski definition) is 2. The van der Waals surface area contributed by atoms with Gasteiger partial charge in [-0.3, -0.25) is 0 Å². The fourth-order valence-electron chi connectivity index (χ4n) is 2.17. The first-order valence-electron chi connectivity index (χ1n) is 7.26. The second-order valence-electron chi connectivity index (χ2n) is 4.96. The third-order valence-corrected chi connectivity index (χ3v) is 4.96. The van der Waals surface area contributed by atoms with E-state index in [4.69, 9.17) is 11.6 Å². The van der Waals surface area contributed by atoms with E-state index >= 15 is 0 Å². The van der Waals surface area contributed by atoms with Gasteiger partial charge in [0.1, 0.15) is 5.82 Å². The zero-order valence-electron chi connectivity index (χ0n) is 12.6. The molecule has 124 valence electrons. The van der Waals surface area contributed by atoms with Crippen molar-refractivity contribution in [2.24, 2.45) is 4.99 Å². The van der Waals surface area contributed by atoms with Crippen LogP contribution in [-0.2, 0) is 6.54 Å². The summed E-state index contributed by atoms with van der Waals surface area (Å²) < 4.78 is 13.1. The van der Waals surface area contributed by atoms with Crippen molar-refractivity contribution in [3.63, 3.8) is 0 Å². The molecule has 0 aromatic heterocycles. The summed E-state index contributed by atoms with van der Waals surface area (Å²) in [5.74, 6) is 1.66. The summed E-state index contributed by atoms with van der Waals surface area (Å²) in [6.07, 6.45) is 2.57. The molecular formula is C15H22ClFIN3S. The Balaban J connectivity index is 0.00000242. The standard InChI is InChI=1S/C15H21ClFN3S.HI/c1-2-18-15(20-10-12-4-3-7-21-12)19-9-11-5-6-14(17)13(16)8-11;/h5-6,8,12H,2-4,7,9-10H2,1H3,(H2,18,19,20);1H. The van der Waals surface area contributed by atoms with Crippen molar-refractivity contribution in [2.45, 2.75) is 31.6 Å². The van der Waals surface area contributed by atoms with Crippen LogP contribution in [-0.4, -0.2) is 30.1 Å². The Labute approximate surface area is 157 Å². The second kappa shape index (κ2) is 10.5. The molecule has 1 aromatic carbocycles. The van der Waals surface area contributed by atoms with E-state index in [-0.39, 0.29) is 29.0 Å². The van der Waals surface area contributed by atoms with Crippen molar-refractivity contribution < 1.29 is 4.39 Å². The van der Waals surface area contributed by atoms with E-state index in [1.165, 1.54) is 24.7 Å². The molecule has 0 radical (unpaired) electrons. The molecule has 2 rings (SSSR count). The molecule has 1 saturated heterocycles. The van der Waals surface area contributed by atoms with Crippen LogP contribution in [0.1, 0.15) is 25.3 Å². The van der Waals surface area contributed by atoms with Crippen molar-refractivity contribution in [1.29, 1.82) is 0 Å². The molecular weight excluding hydrogens is 436 g/mol. The number of halogens is 3. The Morgan fingerprint density at radius 1 is 1.45 bits per heavy atom. The van der Waals surface area contributed by atoms with E-state index in [9.17, 15) is 4.39 Å². The summed E-state index contributed by atoms with van der Waals surface area (Å²) in [6.45, 7) is 4.26. The minimum atomic E-state index is -0.396. The Kier molecular flexibility index (Phi) is 9.51. The van der Waals surface area contributed by atoms with E-state index < -0.39 is 5.82 Å². The van der Waals surface area contributed by atoms with Crippen LogP contribution in [0, 0.1) is 5.82 Å². The van der Waals surface area contributed by atoms with Gasteiger partial charge in [0, 0.05) is 18.3 Å². The highest BCUT2D eigenvalue weighted by Gasteiger charge is 2.15. The fourth-order valence-corrected chi connectivity index (χ4v) is 3.57. The number of benzene rings is 1. The molecule has 0 saturated carbocycles. The zero-order chi connectivity index (χ0) is 15.1. The first-order valence-corrected chi connectivity index (χ1v) is 8.69. The number of thioether (sulfide) groups is 1. The molecule has 0 spiro atoms. The summed E-state index contributed by atoms with van der Waals surface area (Å²) in [5.41, 5.74) is 0.897. The SMILES string of the molecule is CCNC(=NCc1ccc(F)c(Cl)c1)NCC1CCCS1.I. The van der Waals surface area contributed by atoms with Crippen LogP contribution in [0.25, 0.3) is 0 Å². The maximum Gasteiger partial charge on any atom is 0.191 e. The molecule has 0 aliphatic carbocycles. The van der Waals surface area contributed by atoms with Gasteiger partial charge in [-0.2, -0.15) is 11.8 Å². The molecule has 22 heavy (non-hydrogen) atoms. The molecule has 1 aliphatic rings. The van der Waals surface area contributed by atoms with Crippen LogP contribution in [0.15, 0.2) is 23.2 Å². The molecule has 1 aliphatic heterocycles. The van der Waals surface area contributed by atoms with E-state index in [2.05, 4.69) is 15.6 Å².